The summed E-state index contributed by atoms with van der Waals surface area (Å²) in [5.74, 6) is -1.90. The number of benzene rings is 1. The van der Waals surface area contributed by atoms with Crippen molar-refractivity contribution in [1.29, 1.82) is 0 Å². The van der Waals surface area contributed by atoms with Crippen molar-refractivity contribution in [3.8, 4) is 0 Å². The van der Waals surface area contributed by atoms with Gasteiger partial charge < -0.3 is 4.74 Å². The van der Waals surface area contributed by atoms with Gasteiger partial charge in [-0.3, -0.25) is 14.4 Å². The highest BCUT2D eigenvalue weighted by Crippen LogP contribution is 2.33. The van der Waals surface area contributed by atoms with Gasteiger partial charge in [0.2, 0.25) is 5.91 Å². The maximum atomic E-state index is 12.9. The van der Waals surface area contributed by atoms with E-state index in [1.165, 1.54) is 4.90 Å². The third kappa shape index (κ3) is 4.59. The highest BCUT2D eigenvalue weighted by atomic mass is 16.5. The molecule has 2 rings (SSSR count). The van der Waals surface area contributed by atoms with Gasteiger partial charge in [-0.25, -0.2) is 4.90 Å². The summed E-state index contributed by atoms with van der Waals surface area (Å²) in [6.45, 7) is 6.03. The normalized spacial score (nSPS) is 18.7. The number of amides is 2. The second-order valence-electron chi connectivity index (χ2n) is 6.53. The van der Waals surface area contributed by atoms with E-state index in [0.29, 0.717) is 11.3 Å². The Kier molecular flexibility index (Phi) is 7.13. The molecule has 0 aromatic heterocycles. The Bertz CT molecular complexity index is 690. The molecule has 1 fully saturated rings. The van der Waals surface area contributed by atoms with Crippen LogP contribution in [0, 0.1) is 12.8 Å². The highest BCUT2D eigenvalue weighted by molar-refractivity contribution is 6.29. The van der Waals surface area contributed by atoms with Crippen LogP contribution in [0.2, 0.25) is 0 Å². The van der Waals surface area contributed by atoms with Gasteiger partial charge in [0, 0.05) is 5.57 Å². The molecule has 1 atom stereocenters. The number of carbonyl (C=O) groups excluding carboxylic acids is 3. The lowest BCUT2D eigenvalue weighted by Crippen LogP contribution is -2.31. The number of hydrogen-bond acceptors (Lipinski definition) is 4. The molecule has 140 valence electrons. The van der Waals surface area contributed by atoms with Crippen LogP contribution >= 0.6 is 0 Å². The molecule has 1 unspecified atom stereocenters. The average Bonchev–Trinajstić information content (AvgIpc) is 2.84. The molecule has 1 aromatic carbocycles. The summed E-state index contributed by atoms with van der Waals surface area (Å²) >= 11 is 0. The summed E-state index contributed by atoms with van der Waals surface area (Å²) in [5.41, 5.74) is 2.00. The Balaban J connectivity index is 2.29. The van der Waals surface area contributed by atoms with E-state index < -0.39 is 11.9 Å². The van der Waals surface area contributed by atoms with Crippen LogP contribution in [0.3, 0.4) is 0 Å². The lowest BCUT2D eigenvalue weighted by molar-refractivity contribution is -0.145. The molecule has 0 bridgehead atoms. The van der Waals surface area contributed by atoms with Gasteiger partial charge in [0.25, 0.3) is 5.91 Å². The van der Waals surface area contributed by atoms with Crippen molar-refractivity contribution < 1.29 is 19.1 Å². The molecule has 26 heavy (non-hydrogen) atoms. The van der Waals surface area contributed by atoms with E-state index in [9.17, 15) is 14.4 Å². The molecular weight excluding hydrogens is 330 g/mol. The molecule has 1 aromatic rings. The van der Waals surface area contributed by atoms with E-state index in [1.54, 1.807) is 19.1 Å². The molecule has 1 heterocycles. The van der Waals surface area contributed by atoms with Gasteiger partial charge in [-0.1, -0.05) is 43.5 Å². The van der Waals surface area contributed by atoms with Crippen LogP contribution in [0.4, 0.5) is 5.69 Å². The lowest BCUT2D eigenvalue weighted by atomic mass is 9.96. The van der Waals surface area contributed by atoms with Crippen LogP contribution in [0.5, 0.6) is 0 Å². The molecular formula is C21H27NO4. The van der Waals surface area contributed by atoms with E-state index in [2.05, 4.69) is 6.92 Å². The number of nitrogens with zero attached hydrogens (tertiary/aromatic N) is 1. The first-order valence-corrected chi connectivity index (χ1v) is 9.30. The predicted octanol–water partition coefficient (Wildman–Crippen LogP) is 3.94. The minimum Gasteiger partial charge on any atom is -0.466 e. The van der Waals surface area contributed by atoms with Gasteiger partial charge in [0.15, 0.2) is 0 Å². The van der Waals surface area contributed by atoms with Crippen LogP contribution < -0.4 is 4.90 Å². The molecule has 2 amide bonds. The summed E-state index contributed by atoms with van der Waals surface area (Å²) in [7, 11) is 0. The Hall–Kier alpha value is -2.43. The minimum atomic E-state index is -0.760. The SMILES string of the molecule is CCCCC/C=C1/C(=O)N(c2ccc(C)cc2)C(=O)C1CC(=O)OCC. The lowest BCUT2D eigenvalue weighted by Gasteiger charge is -2.14. The number of carbonyl (C=O) groups is 3. The molecule has 0 aliphatic carbocycles. The second kappa shape index (κ2) is 9.32. The van der Waals surface area contributed by atoms with E-state index in [-0.39, 0.29) is 24.8 Å². The van der Waals surface area contributed by atoms with E-state index >= 15 is 0 Å². The molecule has 5 nitrogen and oxygen atoms in total. The number of ether oxygens (including phenoxy) is 1. The predicted molar refractivity (Wildman–Crippen MR) is 101 cm³/mol. The van der Waals surface area contributed by atoms with Gasteiger partial charge in [-0.2, -0.15) is 0 Å². The molecule has 0 saturated carbocycles. The highest BCUT2D eigenvalue weighted by Gasteiger charge is 2.44. The monoisotopic (exact) mass is 357 g/mol. The van der Waals surface area contributed by atoms with Crippen molar-refractivity contribution in [2.24, 2.45) is 5.92 Å². The van der Waals surface area contributed by atoms with Gasteiger partial charge >= 0.3 is 5.97 Å². The zero-order chi connectivity index (χ0) is 19.1. The summed E-state index contributed by atoms with van der Waals surface area (Å²) in [6.07, 6.45) is 5.56. The first kappa shape index (κ1) is 19.9. The number of unbranched alkanes of at least 4 members (excludes halogenated alkanes) is 3. The second-order valence-corrected chi connectivity index (χ2v) is 6.53. The largest absolute Gasteiger partial charge is 0.466 e. The Morgan fingerprint density at radius 3 is 2.46 bits per heavy atom. The number of hydrogen-bond donors (Lipinski definition) is 0. The Morgan fingerprint density at radius 1 is 1.15 bits per heavy atom. The smallest absolute Gasteiger partial charge is 0.306 e. The van der Waals surface area contributed by atoms with Gasteiger partial charge in [-0.15, -0.1) is 0 Å². The van der Waals surface area contributed by atoms with Crippen LogP contribution in [0.1, 0.15) is 51.5 Å². The summed E-state index contributed by atoms with van der Waals surface area (Å²) in [5, 5.41) is 0. The van der Waals surface area contributed by atoms with Crippen molar-refractivity contribution in [3.63, 3.8) is 0 Å². The van der Waals surface area contributed by atoms with Crippen molar-refractivity contribution >= 4 is 23.5 Å². The summed E-state index contributed by atoms with van der Waals surface area (Å²) < 4.78 is 4.99. The minimum absolute atomic E-state index is 0.0968. The average molecular weight is 357 g/mol. The molecule has 0 radical (unpaired) electrons. The zero-order valence-electron chi connectivity index (χ0n) is 15.8. The fourth-order valence-corrected chi connectivity index (χ4v) is 3.07. The maximum absolute atomic E-state index is 12.9. The number of anilines is 1. The van der Waals surface area contributed by atoms with Crippen LogP contribution in [0.15, 0.2) is 35.9 Å². The number of allylic oxidation sites excluding steroid dienone is 1. The first-order chi connectivity index (χ1) is 12.5. The molecule has 1 aliphatic heterocycles. The summed E-state index contributed by atoms with van der Waals surface area (Å²) in [6, 6.07) is 7.23. The van der Waals surface area contributed by atoms with Crippen LogP contribution in [0.25, 0.3) is 0 Å². The van der Waals surface area contributed by atoms with Gasteiger partial charge in [0.05, 0.1) is 24.6 Å². The van der Waals surface area contributed by atoms with Crippen LogP contribution in [-0.4, -0.2) is 24.4 Å². The molecule has 1 saturated heterocycles. The number of rotatable bonds is 8. The maximum Gasteiger partial charge on any atom is 0.306 e. The molecule has 1 aliphatic rings. The van der Waals surface area contributed by atoms with Crippen molar-refractivity contribution in [3.05, 3.63) is 41.5 Å². The van der Waals surface area contributed by atoms with Crippen LogP contribution in [-0.2, 0) is 19.1 Å². The fraction of sp³-hybridized carbons (Fsp3) is 0.476. The van der Waals surface area contributed by atoms with Crippen molar-refractivity contribution in [2.45, 2.75) is 52.9 Å². The number of aryl methyl sites for hydroxylation is 1. The Labute approximate surface area is 155 Å². The van der Waals surface area contributed by atoms with E-state index in [1.807, 2.05) is 25.1 Å². The number of imide groups is 1. The molecule has 0 spiro atoms. The van der Waals surface area contributed by atoms with Gasteiger partial charge in [-0.05, 0) is 38.8 Å². The standard InChI is InChI=1S/C21H27NO4/c1-4-6-7-8-9-17-18(14-19(23)26-5-2)21(25)22(20(17)24)16-12-10-15(3)11-13-16/h9-13,18H,4-8,14H2,1-3H3/b17-9+. The summed E-state index contributed by atoms with van der Waals surface area (Å²) in [4.78, 5) is 38.9. The fourth-order valence-electron chi connectivity index (χ4n) is 3.07. The zero-order valence-corrected chi connectivity index (χ0v) is 15.8. The first-order valence-electron chi connectivity index (χ1n) is 9.30. The molecule has 5 heteroatoms. The topological polar surface area (TPSA) is 63.7 Å². The van der Waals surface area contributed by atoms with Gasteiger partial charge in [0.1, 0.15) is 0 Å². The Morgan fingerprint density at radius 2 is 1.85 bits per heavy atom. The van der Waals surface area contributed by atoms with E-state index in [4.69, 9.17) is 4.74 Å². The quantitative estimate of drug-likeness (QED) is 0.306. The van der Waals surface area contributed by atoms with Crippen molar-refractivity contribution in [1.82, 2.24) is 0 Å². The van der Waals surface area contributed by atoms with E-state index in [0.717, 1.165) is 31.2 Å². The third-order valence-corrected chi connectivity index (χ3v) is 4.48. The third-order valence-electron chi connectivity index (χ3n) is 4.48. The van der Waals surface area contributed by atoms with Crippen molar-refractivity contribution in [2.75, 3.05) is 11.5 Å². The number of esters is 1. The molecule has 0 N–H and O–H groups in total.